The zero-order valence-electron chi connectivity index (χ0n) is 12.7. The van der Waals surface area contributed by atoms with Crippen LogP contribution in [0.15, 0.2) is 42.5 Å². The van der Waals surface area contributed by atoms with Crippen molar-refractivity contribution in [1.82, 2.24) is 4.90 Å². The van der Waals surface area contributed by atoms with Crippen LogP contribution in [0.1, 0.15) is 15.9 Å². The van der Waals surface area contributed by atoms with Crippen molar-refractivity contribution in [2.75, 3.05) is 18.9 Å². The molecule has 0 spiro atoms. The highest BCUT2D eigenvalue weighted by atomic mass is 35.5. The number of anilines is 1. The second-order valence-electron chi connectivity index (χ2n) is 5.00. The fourth-order valence-corrected chi connectivity index (χ4v) is 2.48. The summed E-state index contributed by atoms with van der Waals surface area (Å²) in [6.07, 6.45) is 0. The van der Waals surface area contributed by atoms with E-state index in [9.17, 15) is 9.59 Å². The van der Waals surface area contributed by atoms with Crippen molar-refractivity contribution in [1.29, 1.82) is 5.26 Å². The van der Waals surface area contributed by atoms with Crippen LogP contribution < -0.4 is 5.32 Å². The number of amides is 2. The third-order valence-corrected chi connectivity index (χ3v) is 3.85. The van der Waals surface area contributed by atoms with Crippen LogP contribution in [0.25, 0.3) is 0 Å². The number of nitrogens with one attached hydrogen (secondary N) is 1. The Hall–Kier alpha value is -2.55. The summed E-state index contributed by atoms with van der Waals surface area (Å²) in [7, 11) is 1.51. The summed E-state index contributed by atoms with van der Waals surface area (Å²) < 4.78 is 0. The van der Waals surface area contributed by atoms with Crippen LogP contribution in [0.5, 0.6) is 0 Å². The number of likely N-dealkylation sites (N-methyl/N-ethyl adjacent to an activating group) is 1. The summed E-state index contributed by atoms with van der Waals surface area (Å²) in [6, 6.07) is 13.0. The van der Waals surface area contributed by atoms with Crippen LogP contribution in [0.4, 0.5) is 5.69 Å². The van der Waals surface area contributed by atoms with Crippen LogP contribution in [-0.4, -0.2) is 30.3 Å². The van der Waals surface area contributed by atoms with Crippen molar-refractivity contribution < 1.29 is 9.59 Å². The smallest absolute Gasteiger partial charge is 0.254 e. The molecule has 122 valence electrons. The molecule has 0 atom stereocenters. The Labute approximate surface area is 149 Å². The molecular weight excluding hydrogens is 349 g/mol. The first kappa shape index (κ1) is 17.8. The number of carbonyl (C=O) groups excluding carboxylic acids is 2. The van der Waals surface area contributed by atoms with E-state index in [2.05, 4.69) is 5.32 Å². The Morgan fingerprint density at radius 3 is 2.25 bits per heavy atom. The molecule has 1 N–H and O–H groups in total. The molecule has 2 aromatic rings. The zero-order chi connectivity index (χ0) is 17.7. The van der Waals surface area contributed by atoms with Gasteiger partial charge < -0.3 is 10.2 Å². The highest BCUT2D eigenvalue weighted by Crippen LogP contribution is 2.29. The van der Waals surface area contributed by atoms with E-state index in [1.54, 1.807) is 42.5 Å². The molecule has 0 aromatic heterocycles. The molecule has 0 saturated heterocycles. The number of carbonyl (C=O) groups is 2. The number of hydrogen-bond donors (Lipinski definition) is 1. The van der Waals surface area contributed by atoms with Crippen molar-refractivity contribution in [3.05, 3.63) is 63.6 Å². The summed E-state index contributed by atoms with van der Waals surface area (Å²) in [5.74, 6) is -0.755. The van der Waals surface area contributed by atoms with Gasteiger partial charge in [0.25, 0.3) is 5.91 Å². The van der Waals surface area contributed by atoms with Crippen LogP contribution >= 0.6 is 23.2 Å². The minimum Gasteiger partial charge on any atom is -0.332 e. The maximum Gasteiger partial charge on any atom is 0.254 e. The molecule has 7 heteroatoms. The van der Waals surface area contributed by atoms with E-state index in [1.165, 1.54) is 11.9 Å². The summed E-state index contributed by atoms with van der Waals surface area (Å²) in [4.78, 5) is 25.6. The molecule has 0 aliphatic rings. The summed E-state index contributed by atoms with van der Waals surface area (Å²) in [5, 5.41) is 12.0. The van der Waals surface area contributed by atoms with Crippen LogP contribution in [0.2, 0.25) is 10.0 Å². The number of para-hydroxylation sites is 1. The molecule has 0 fully saturated rings. The molecule has 5 nitrogen and oxygen atoms in total. The number of nitriles is 1. The van der Waals surface area contributed by atoms with Gasteiger partial charge in [0, 0.05) is 12.6 Å². The molecule has 0 aliphatic heterocycles. The zero-order valence-corrected chi connectivity index (χ0v) is 14.2. The minimum atomic E-state index is -0.422. The second-order valence-corrected chi connectivity index (χ2v) is 5.81. The molecular formula is C17H13Cl2N3O2. The number of rotatable bonds is 4. The monoisotopic (exact) mass is 361 g/mol. The Morgan fingerprint density at radius 1 is 1.12 bits per heavy atom. The van der Waals surface area contributed by atoms with Gasteiger partial charge in [-0.3, -0.25) is 9.59 Å². The highest BCUT2D eigenvalue weighted by molar-refractivity contribution is 6.39. The topological polar surface area (TPSA) is 73.2 Å². The largest absolute Gasteiger partial charge is 0.332 e. The summed E-state index contributed by atoms with van der Waals surface area (Å²) in [6.45, 7) is -0.166. The van der Waals surface area contributed by atoms with Gasteiger partial charge in [0.05, 0.1) is 33.9 Å². The second kappa shape index (κ2) is 7.82. The van der Waals surface area contributed by atoms with Gasteiger partial charge in [-0.05, 0) is 36.4 Å². The lowest BCUT2D eigenvalue weighted by atomic mass is 10.1. The highest BCUT2D eigenvalue weighted by Gasteiger charge is 2.16. The summed E-state index contributed by atoms with van der Waals surface area (Å²) >= 11 is 12.0. The SMILES string of the molecule is CN(CC(=O)Nc1c(Cl)cccc1Cl)C(=O)c1ccc(C#N)cc1. The van der Waals surface area contributed by atoms with E-state index in [1.807, 2.05) is 6.07 Å². The Balaban J connectivity index is 2.03. The van der Waals surface area contributed by atoms with Crippen molar-refractivity contribution in [3.8, 4) is 6.07 Å². The van der Waals surface area contributed by atoms with Crippen molar-refractivity contribution in [3.63, 3.8) is 0 Å². The Kier molecular flexibility index (Phi) is 5.80. The average molecular weight is 362 g/mol. The summed E-state index contributed by atoms with van der Waals surface area (Å²) in [5.41, 5.74) is 1.16. The van der Waals surface area contributed by atoms with E-state index < -0.39 is 5.91 Å². The van der Waals surface area contributed by atoms with Gasteiger partial charge in [-0.1, -0.05) is 29.3 Å². The normalized spacial score (nSPS) is 9.92. The molecule has 0 saturated carbocycles. The quantitative estimate of drug-likeness (QED) is 0.904. The molecule has 0 aliphatic carbocycles. The first-order valence-corrected chi connectivity index (χ1v) is 7.67. The first-order valence-electron chi connectivity index (χ1n) is 6.92. The molecule has 2 aromatic carbocycles. The van der Waals surface area contributed by atoms with Crippen molar-refractivity contribution in [2.24, 2.45) is 0 Å². The lowest BCUT2D eigenvalue weighted by molar-refractivity contribution is -0.116. The van der Waals surface area contributed by atoms with E-state index in [0.29, 0.717) is 26.9 Å². The van der Waals surface area contributed by atoms with Crippen molar-refractivity contribution in [2.45, 2.75) is 0 Å². The number of benzene rings is 2. The molecule has 0 bridgehead atoms. The predicted molar refractivity (Wildman–Crippen MR) is 93.2 cm³/mol. The maximum absolute atomic E-state index is 12.3. The van der Waals surface area contributed by atoms with E-state index in [4.69, 9.17) is 28.5 Å². The third-order valence-electron chi connectivity index (χ3n) is 3.22. The van der Waals surface area contributed by atoms with E-state index in [-0.39, 0.29) is 12.5 Å². The van der Waals surface area contributed by atoms with Gasteiger partial charge in [-0.25, -0.2) is 0 Å². The molecule has 0 heterocycles. The van der Waals surface area contributed by atoms with Gasteiger partial charge in [0.2, 0.25) is 5.91 Å². The molecule has 0 unspecified atom stereocenters. The van der Waals surface area contributed by atoms with Crippen LogP contribution in [0, 0.1) is 11.3 Å². The van der Waals surface area contributed by atoms with Gasteiger partial charge in [-0.15, -0.1) is 0 Å². The lowest BCUT2D eigenvalue weighted by Crippen LogP contribution is -2.35. The fraction of sp³-hybridized carbons (Fsp3) is 0.118. The molecule has 2 amide bonds. The van der Waals surface area contributed by atoms with Gasteiger partial charge in [0.15, 0.2) is 0 Å². The Morgan fingerprint density at radius 2 is 1.71 bits per heavy atom. The van der Waals surface area contributed by atoms with Gasteiger partial charge in [0.1, 0.15) is 0 Å². The van der Waals surface area contributed by atoms with Crippen LogP contribution in [0.3, 0.4) is 0 Å². The maximum atomic E-state index is 12.3. The lowest BCUT2D eigenvalue weighted by Gasteiger charge is -2.17. The molecule has 0 radical (unpaired) electrons. The van der Waals surface area contributed by atoms with Crippen molar-refractivity contribution >= 4 is 40.7 Å². The third kappa shape index (κ3) is 4.25. The van der Waals surface area contributed by atoms with Gasteiger partial charge in [-0.2, -0.15) is 5.26 Å². The average Bonchev–Trinajstić information content (AvgIpc) is 2.57. The first-order chi connectivity index (χ1) is 11.4. The Bertz CT molecular complexity index is 793. The van der Waals surface area contributed by atoms with E-state index in [0.717, 1.165) is 0 Å². The standard InChI is InChI=1S/C17H13Cl2N3O2/c1-22(17(24)12-7-5-11(9-20)6-8-12)10-15(23)21-16-13(18)3-2-4-14(16)19/h2-8H,10H2,1H3,(H,21,23). The number of hydrogen-bond acceptors (Lipinski definition) is 3. The minimum absolute atomic E-state index is 0.166. The predicted octanol–water partition coefficient (Wildman–Crippen LogP) is 3.58. The van der Waals surface area contributed by atoms with Gasteiger partial charge >= 0.3 is 0 Å². The number of halogens is 2. The number of nitrogens with zero attached hydrogens (tertiary/aromatic N) is 2. The van der Waals surface area contributed by atoms with E-state index >= 15 is 0 Å². The van der Waals surface area contributed by atoms with Crippen LogP contribution in [-0.2, 0) is 4.79 Å². The molecule has 24 heavy (non-hydrogen) atoms. The molecule has 2 rings (SSSR count). The fourth-order valence-electron chi connectivity index (χ4n) is 1.99.